The van der Waals surface area contributed by atoms with Crippen LogP contribution >= 0.6 is 0 Å². The highest BCUT2D eigenvalue weighted by Crippen LogP contribution is 2.31. The monoisotopic (exact) mass is 286 g/mol. The largest absolute Gasteiger partial charge is 0.480 e. The first kappa shape index (κ1) is 15.2. The summed E-state index contributed by atoms with van der Waals surface area (Å²) in [6, 6.07) is 0. The van der Waals surface area contributed by atoms with E-state index in [9.17, 15) is 14.7 Å². The molecular formula is C13H22N2O5. The van der Waals surface area contributed by atoms with E-state index in [1.807, 2.05) is 0 Å². The van der Waals surface area contributed by atoms with Crippen LogP contribution < -0.4 is 11.1 Å². The van der Waals surface area contributed by atoms with Crippen LogP contribution in [-0.2, 0) is 19.1 Å². The standard InChI is InChI=1S/C13H22N2O5/c14-9-12(1-5-19-6-2-12)10(16)15-13(11(17)18)3-7-20-8-4-13/h1-9,14H2,(H,15,16)(H,17,18). The molecule has 1 amide bonds. The smallest absolute Gasteiger partial charge is 0.329 e. The first-order chi connectivity index (χ1) is 9.55. The van der Waals surface area contributed by atoms with E-state index in [0.717, 1.165) is 0 Å². The molecule has 114 valence electrons. The van der Waals surface area contributed by atoms with Crippen LogP contribution in [-0.4, -0.2) is 55.5 Å². The van der Waals surface area contributed by atoms with Crippen molar-refractivity contribution in [3.8, 4) is 0 Å². The molecule has 2 aliphatic rings. The van der Waals surface area contributed by atoms with Crippen LogP contribution in [0.5, 0.6) is 0 Å². The van der Waals surface area contributed by atoms with Crippen LogP contribution in [0, 0.1) is 5.41 Å². The molecule has 2 fully saturated rings. The quantitative estimate of drug-likeness (QED) is 0.642. The lowest BCUT2D eigenvalue weighted by molar-refractivity contribution is -0.155. The van der Waals surface area contributed by atoms with Crippen molar-refractivity contribution in [1.29, 1.82) is 0 Å². The molecule has 4 N–H and O–H groups in total. The zero-order valence-corrected chi connectivity index (χ0v) is 11.5. The number of carbonyl (C=O) groups is 2. The summed E-state index contributed by atoms with van der Waals surface area (Å²) in [6.07, 6.45) is 1.62. The van der Waals surface area contributed by atoms with E-state index in [1.54, 1.807) is 0 Å². The Hall–Kier alpha value is -1.18. The molecule has 2 aliphatic heterocycles. The van der Waals surface area contributed by atoms with Crippen molar-refractivity contribution in [3.63, 3.8) is 0 Å². The number of aliphatic carboxylic acids is 1. The maximum atomic E-state index is 12.6. The van der Waals surface area contributed by atoms with Gasteiger partial charge < -0.3 is 25.6 Å². The summed E-state index contributed by atoms with van der Waals surface area (Å²) in [7, 11) is 0. The minimum absolute atomic E-state index is 0.203. The Balaban J connectivity index is 2.13. The number of carboxylic acid groups (broad SMARTS) is 1. The normalized spacial score (nSPS) is 24.9. The Morgan fingerprint density at radius 1 is 1.05 bits per heavy atom. The summed E-state index contributed by atoms with van der Waals surface area (Å²) >= 11 is 0. The van der Waals surface area contributed by atoms with Crippen molar-refractivity contribution < 1.29 is 24.2 Å². The molecule has 0 aromatic heterocycles. The fourth-order valence-electron chi connectivity index (χ4n) is 2.75. The number of ether oxygens (including phenoxy) is 2. The molecule has 0 saturated carbocycles. The van der Waals surface area contributed by atoms with Gasteiger partial charge in [-0.25, -0.2) is 4.79 Å². The lowest BCUT2D eigenvalue weighted by Gasteiger charge is -2.40. The zero-order chi connectivity index (χ0) is 14.6. The van der Waals surface area contributed by atoms with Gasteiger partial charge in [-0.3, -0.25) is 4.79 Å². The Kier molecular flexibility index (Phi) is 4.62. The van der Waals surface area contributed by atoms with Gasteiger partial charge in [0.05, 0.1) is 5.41 Å². The van der Waals surface area contributed by atoms with Crippen LogP contribution in [0.3, 0.4) is 0 Å². The second kappa shape index (κ2) is 6.07. The molecular weight excluding hydrogens is 264 g/mol. The van der Waals surface area contributed by atoms with E-state index in [0.29, 0.717) is 39.3 Å². The molecule has 2 rings (SSSR count). The number of rotatable bonds is 4. The van der Waals surface area contributed by atoms with Gasteiger partial charge in [0, 0.05) is 45.8 Å². The van der Waals surface area contributed by atoms with Gasteiger partial charge in [0.2, 0.25) is 5.91 Å². The lowest BCUT2D eigenvalue weighted by atomic mass is 9.78. The Morgan fingerprint density at radius 2 is 1.55 bits per heavy atom. The third-order valence-electron chi connectivity index (χ3n) is 4.43. The Bertz CT molecular complexity index is 373. The number of amides is 1. The fraction of sp³-hybridized carbons (Fsp3) is 0.846. The minimum atomic E-state index is -1.23. The van der Waals surface area contributed by atoms with Crippen molar-refractivity contribution in [2.75, 3.05) is 33.0 Å². The van der Waals surface area contributed by atoms with E-state index in [-0.39, 0.29) is 25.3 Å². The van der Waals surface area contributed by atoms with Crippen LogP contribution in [0.15, 0.2) is 0 Å². The number of nitrogens with two attached hydrogens (primary N) is 1. The number of carbonyl (C=O) groups excluding carboxylic acids is 1. The van der Waals surface area contributed by atoms with Gasteiger partial charge in [-0.15, -0.1) is 0 Å². The average Bonchev–Trinajstić information content (AvgIpc) is 2.48. The first-order valence-electron chi connectivity index (χ1n) is 6.96. The SMILES string of the molecule is NCC1(C(=O)NC2(C(=O)O)CCOCC2)CCOCC1. The van der Waals surface area contributed by atoms with Crippen molar-refractivity contribution in [3.05, 3.63) is 0 Å². The summed E-state index contributed by atoms with van der Waals surface area (Å²) in [5, 5.41) is 12.2. The highest BCUT2D eigenvalue weighted by Gasteiger charge is 2.47. The average molecular weight is 286 g/mol. The van der Waals surface area contributed by atoms with E-state index < -0.39 is 16.9 Å². The molecule has 0 radical (unpaired) electrons. The molecule has 0 aliphatic carbocycles. The second-order valence-corrected chi connectivity index (χ2v) is 5.55. The van der Waals surface area contributed by atoms with Crippen LogP contribution in [0.2, 0.25) is 0 Å². The number of hydrogen-bond acceptors (Lipinski definition) is 5. The Labute approximate surface area is 117 Å². The first-order valence-corrected chi connectivity index (χ1v) is 6.96. The topological polar surface area (TPSA) is 111 Å². The van der Waals surface area contributed by atoms with Gasteiger partial charge in [0.1, 0.15) is 5.54 Å². The van der Waals surface area contributed by atoms with E-state index >= 15 is 0 Å². The molecule has 0 aromatic carbocycles. The maximum absolute atomic E-state index is 12.6. The molecule has 2 heterocycles. The molecule has 20 heavy (non-hydrogen) atoms. The van der Waals surface area contributed by atoms with Crippen LogP contribution in [0.4, 0.5) is 0 Å². The third kappa shape index (κ3) is 2.79. The van der Waals surface area contributed by atoms with E-state index in [1.165, 1.54) is 0 Å². The molecule has 0 aromatic rings. The highest BCUT2D eigenvalue weighted by molar-refractivity contribution is 5.90. The fourth-order valence-corrected chi connectivity index (χ4v) is 2.75. The van der Waals surface area contributed by atoms with Crippen LogP contribution in [0.1, 0.15) is 25.7 Å². The van der Waals surface area contributed by atoms with Gasteiger partial charge in [-0.1, -0.05) is 0 Å². The van der Waals surface area contributed by atoms with Crippen molar-refractivity contribution in [1.82, 2.24) is 5.32 Å². The maximum Gasteiger partial charge on any atom is 0.329 e. The molecule has 0 unspecified atom stereocenters. The summed E-state index contributed by atoms with van der Waals surface area (Å²) in [4.78, 5) is 24.1. The third-order valence-corrected chi connectivity index (χ3v) is 4.43. The number of carboxylic acids is 1. The van der Waals surface area contributed by atoms with Gasteiger partial charge in [0.15, 0.2) is 0 Å². The van der Waals surface area contributed by atoms with E-state index in [2.05, 4.69) is 5.32 Å². The Morgan fingerprint density at radius 3 is 2.00 bits per heavy atom. The summed E-state index contributed by atoms with van der Waals surface area (Å²) in [6.45, 7) is 1.84. The molecule has 0 bridgehead atoms. The molecule has 2 saturated heterocycles. The summed E-state index contributed by atoms with van der Waals surface area (Å²) in [5.74, 6) is -1.28. The second-order valence-electron chi connectivity index (χ2n) is 5.55. The van der Waals surface area contributed by atoms with Crippen molar-refractivity contribution in [2.45, 2.75) is 31.2 Å². The number of hydrogen-bond donors (Lipinski definition) is 3. The van der Waals surface area contributed by atoms with E-state index in [4.69, 9.17) is 15.2 Å². The minimum Gasteiger partial charge on any atom is -0.480 e. The summed E-state index contributed by atoms with van der Waals surface area (Å²) in [5.41, 5.74) is 3.84. The van der Waals surface area contributed by atoms with Gasteiger partial charge in [-0.05, 0) is 12.8 Å². The van der Waals surface area contributed by atoms with Gasteiger partial charge in [-0.2, -0.15) is 0 Å². The molecule has 0 atom stereocenters. The number of nitrogens with one attached hydrogen (secondary N) is 1. The highest BCUT2D eigenvalue weighted by atomic mass is 16.5. The molecule has 7 nitrogen and oxygen atoms in total. The zero-order valence-electron chi connectivity index (χ0n) is 11.5. The van der Waals surface area contributed by atoms with Gasteiger partial charge >= 0.3 is 5.97 Å². The molecule has 0 spiro atoms. The lowest BCUT2D eigenvalue weighted by Crippen LogP contribution is -2.62. The molecule has 7 heteroatoms. The predicted molar refractivity (Wildman–Crippen MR) is 70.1 cm³/mol. The van der Waals surface area contributed by atoms with Crippen molar-refractivity contribution in [2.24, 2.45) is 11.1 Å². The summed E-state index contributed by atoms with van der Waals surface area (Å²) < 4.78 is 10.5. The van der Waals surface area contributed by atoms with Crippen molar-refractivity contribution >= 4 is 11.9 Å². The van der Waals surface area contributed by atoms with Gasteiger partial charge in [0.25, 0.3) is 0 Å². The predicted octanol–water partition coefficient (Wildman–Crippen LogP) is -0.508. The van der Waals surface area contributed by atoms with Crippen LogP contribution in [0.25, 0.3) is 0 Å².